The number of carbonyl (C=O) groups is 1. The lowest BCUT2D eigenvalue weighted by molar-refractivity contribution is -0.0806. The second kappa shape index (κ2) is 7.39. The third-order valence-corrected chi connectivity index (χ3v) is 5.64. The van der Waals surface area contributed by atoms with Crippen molar-refractivity contribution in [3.05, 3.63) is 46.5 Å². The molecule has 0 bridgehead atoms. The van der Waals surface area contributed by atoms with Crippen LogP contribution < -0.4 is 18.9 Å². The lowest BCUT2D eigenvalue weighted by Gasteiger charge is -2.43. The van der Waals surface area contributed by atoms with Crippen LogP contribution in [0.2, 0.25) is 0 Å². The van der Waals surface area contributed by atoms with Crippen molar-refractivity contribution in [2.24, 2.45) is 0 Å². The Morgan fingerprint density at radius 1 is 1.16 bits per heavy atom. The molecule has 2 aromatic carbocycles. The molecule has 0 aromatic heterocycles. The summed E-state index contributed by atoms with van der Waals surface area (Å²) >= 11 is 0. The van der Waals surface area contributed by atoms with Gasteiger partial charge in [0.25, 0.3) is 0 Å². The van der Waals surface area contributed by atoms with Crippen molar-refractivity contribution < 1.29 is 39.1 Å². The third-order valence-electron chi connectivity index (χ3n) is 5.64. The van der Waals surface area contributed by atoms with E-state index in [0.717, 1.165) is 11.6 Å². The maximum Gasteiger partial charge on any atom is 0.210 e. The van der Waals surface area contributed by atoms with Crippen LogP contribution in [0.5, 0.6) is 34.5 Å². The summed E-state index contributed by atoms with van der Waals surface area (Å²) in [4.78, 5) is 13.6. The predicted octanol–water partition coefficient (Wildman–Crippen LogP) is 2.85. The zero-order valence-corrected chi connectivity index (χ0v) is 17.7. The fourth-order valence-electron chi connectivity index (χ4n) is 3.98. The molecule has 0 saturated carbocycles. The van der Waals surface area contributed by atoms with Crippen LogP contribution in [0.4, 0.5) is 0 Å². The topological polar surface area (TPSA) is 115 Å². The number of rotatable bonds is 4. The van der Waals surface area contributed by atoms with Crippen molar-refractivity contribution in [3.8, 4) is 34.5 Å². The maximum atomic E-state index is 13.6. The highest BCUT2D eigenvalue weighted by molar-refractivity contribution is 6.09. The van der Waals surface area contributed by atoms with Gasteiger partial charge in [-0.1, -0.05) is 11.6 Å². The lowest BCUT2D eigenvalue weighted by Crippen LogP contribution is -2.57. The summed E-state index contributed by atoms with van der Waals surface area (Å²) in [6.07, 6.45) is 1.06. The van der Waals surface area contributed by atoms with Crippen LogP contribution in [-0.4, -0.2) is 48.0 Å². The van der Waals surface area contributed by atoms with Gasteiger partial charge in [-0.2, -0.15) is 0 Å². The molecule has 0 fully saturated rings. The average Bonchev–Trinajstić information content (AvgIpc) is 2.73. The Labute approximate surface area is 179 Å². The number of benzene rings is 2. The highest BCUT2D eigenvalue weighted by Gasteiger charge is 2.57. The van der Waals surface area contributed by atoms with Crippen molar-refractivity contribution in [2.75, 3.05) is 20.8 Å². The Morgan fingerprint density at radius 2 is 1.84 bits per heavy atom. The third kappa shape index (κ3) is 3.06. The quantitative estimate of drug-likeness (QED) is 0.637. The van der Waals surface area contributed by atoms with Gasteiger partial charge < -0.3 is 34.3 Å². The first-order valence-corrected chi connectivity index (χ1v) is 9.76. The van der Waals surface area contributed by atoms with Crippen LogP contribution >= 0.6 is 0 Å². The van der Waals surface area contributed by atoms with Crippen molar-refractivity contribution in [3.63, 3.8) is 0 Å². The van der Waals surface area contributed by atoms with E-state index in [2.05, 4.69) is 0 Å². The van der Waals surface area contributed by atoms with Gasteiger partial charge in [0, 0.05) is 23.3 Å². The lowest BCUT2D eigenvalue weighted by atomic mass is 9.76. The maximum absolute atomic E-state index is 13.6. The molecule has 2 aliphatic rings. The summed E-state index contributed by atoms with van der Waals surface area (Å²) < 4.78 is 22.3. The molecule has 8 heteroatoms. The number of phenolic OH excluding ortho intramolecular Hbond substituents is 2. The minimum atomic E-state index is -2.12. The number of hydrogen-bond donors (Lipinski definition) is 3. The molecule has 0 unspecified atom stereocenters. The molecule has 164 valence electrons. The molecule has 2 heterocycles. The largest absolute Gasteiger partial charge is 0.507 e. The molecule has 2 aromatic rings. The molecule has 0 radical (unpaired) electrons. The van der Waals surface area contributed by atoms with E-state index in [0.29, 0.717) is 17.1 Å². The molecule has 0 saturated heterocycles. The van der Waals surface area contributed by atoms with Crippen molar-refractivity contribution in [1.29, 1.82) is 0 Å². The summed E-state index contributed by atoms with van der Waals surface area (Å²) in [6.45, 7) is 3.69. The standard InChI is InChI=1S/C23H24O8/c1-11(2)5-6-12-14(24)8-15(25)20-21(12)31-19-10-30-16-9-18(29-4)17(28-3)7-13(16)23(19,27)22(20)26/h5,7-9,19,24-25,27H,6,10H2,1-4H3/t19-,23+/m1/s1. The Kier molecular flexibility index (Phi) is 4.97. The molecule has 4 rings (SSSR count). The fraction of sp³-hybridized carbons (Fsp3) is 0.348. The van der Waals surface area contributed by atoms with Gasteiger partial charge in [-0.15, -0.1) is 0 Å². The van der Waals surface area contributed by atoms with Crippen LogP contribution in [0.3, 0.4) is 0 Å². The Hall–Kier alpha value is -3.39. The van der Waals surface area contributed by atoms with Crippen molar-refractivity contribution >= 4 is 5.78 Å². The Morgan fingerprint density at radius 3 is 2.48 bits per heavy atom. The molecule has 0 aliphatic carbocycles. The van der Waals surface area contributed by atoms with Gasteiger partial charge in [0.2, 0.25) is 5.78 Å². The van der Waals surface area contributed by atoms with Crippen molar-refractivity contribution in [1.82, 2.24) is 0 Å². The number of allylic oxidation sites excluding steroid dienone is 2. The number of phenols is 2. The smallest absolute Gasteiger partial charge is 0.210 e. The minimum Gasteiger partial charge on any atom is -0.507 e. The highest BCUT2D eigenvalue weighted by Crippen LogP contribution is 2.52. The number of hydrogen-bond acceptors (Lipinski definition) is 8. The van der Waals surface area contributed by atoms with E-state index in [1.807, 2.05) is 19.9 Å². The summed E-state index contributed by atoms with van der Waals surface area (Å²) in [7, 11) is 2.91. The number of ether oxygens (including phenoxy) is 4. The second-order valence-electron chi connectivity index (χ2n) is 7.80. The average molecular weight is 428 g/mol. The molecular formula is C23H24O8. The second-order valence-corrected chi connectivity index (χ2v) is 7.80. The zero-order chi connectivity index (χ0) is 22.5. The number of methoxy groups -OCH3 is 2. The number of aliphatic hydroxyl groups is 1. The fourth-order valence-corrected chi connectivity index (χ4v) is 3.98. The number of Topliss-reactive ketones (excluding diaryl/α,β-unsaturated/α-hetero) is 1. The number of ketones is 1. The van der Waals surface area contributed by atoms with Crippen LogP contribution in [0.25, 0.3) is 0 Å². The monoisotopic (exact) mass is 428 g/mol. The van der Waals surface area contributed by atoms with Gasteiger partial charge >= 0.3 is 0 Å². The first kappa shape index (κ1) is 20.9. The summed E-state index contributed by atoms with van der Waals surface area (Å²) in [5.74, 6) is -0.441. The Bertz CT molecular complexity index is 1100. The van der Waals surface area contributed by atoms with Crippen LogP contribution in [-0.2, 0) is 12.0 Å². The SMILES string of the molecule is COc1cc2c(cc1OC)[C@@]1(O)C(=O)c3c(O)cc(O)c(CC=C(C)C)c3O[C@@H]1CO2. The molecule has 0 amide bonds. The van der Waals surface area contributed by atoms with Crippen molar-refractivity contribution in [2.45, 2.75) is 32.0 Å². The van der Waals surface area contributed by atoms with Gasteiger partial charge in [0.15, 0.2) is 23.2 Å². The minimum absolute atomic E-state index is 0.0437. The molecular weight excluding hydrogens is 404 g/mol. The molecule has 8 nitrogen and oxygen atoms in total. The van der Waals surface area contributed by atoms with Gasteiger partial charge in [-0.05, 0) is 26.3 Å². The van der Waals surface area contributed by atoms with E-state index in [-0.39, 0.29) is 41.4 Å². The molecule has 2 aliphatic heterocycles. The highest BCUT2D eigenvalue weighted by atomic mass is 16.6. The first-order valence-electron chi connectivity index (χ1n) is 9.76. The first-order chi connectivity index (χ1) is 14.7. The van der Waals surface area contributed by atoms with E-state index in [9.17, 15) is 20.1 Å². The van der Waals surface area contributed by atoms with Gasteiger partial charge in [-0.25, -0.2) is 0 Å². The number of fused-ring (bicyclic) bond motifs is 4. The van der Waals surface area contributed by atoms with E-state index in [1.54, 1.807) is 0 Å². The molecule has 31 heavy (non-hydrogen) atoms. The van der Waals surface area contributed by atoms with Gasteiger partial charge in [0.05, 0.1) is 14.2 Å². The van der Waals surface area contributed by atoms with E-state index < -0.39 is 23.2 Å². The molecule has 2 atom stereocenters. The summed E-state index contributed by atoms with van der Waals surface area (Å²) in [5, 5.41) is 32.5. The summed E-state index contributed by atoms with van der Waals surface area (Å²) in [6, 6.07) is 4.09. The van der Waals surface area contributed by atoms with Crippen LogP contribution in [0.15, 0.2) is 29.8 Å². The zero-order valence-electron chi connectivity index (χ0n) is 17.7. The summed E-state index contributed by atoms with van der Waals surface area (Å²) in [5.41, 5.74) is -0.799. The van der Waals surface area contributed by atoms with E-state index >= 15 is 0 Å². The number of carbonyl (C=O) groups excluding carboxylic acids is 1. The number of aromatic hydroxyl groups is 2. The Balaban J connectivity index is 1.91. The van der Waals surface area contributed by atoms with Crippen LogP contribution in [0, 0.1) is 0 Å². The van der Waals surface area contributed by atoms with Gasteiger partial charge in [-0.3, -0.25) is 4.79 Å². The molecule has 0 spiro atoms. The predicted molar refractivity (Wildman–Crippen MR) is 111 cm³/mol. The molecule has 3 N–H and O–H groups in total. The van der Waals surface area contributed by atoms with Gasteiger partial charge in [0.1, 0.15) is 35.2 Å². The van der Waals surface area contributed by atoms with Crippen LogP contribution in [0.1, 0.15) is 35.3 Å². The van der Waals surface area contributed by atoms with E-state index in [4.69, 9.17) is 18.9 Å². The van der Waals surface area contributed by atoms with E-state index in [1.165, 1.54) is 26.4 Å². The normalized spacial score (nSPS) is 21.1.